The van der Waals surface area contributed by atoms with Gasteiger partial charge in [0.2, 0.25) is 11.7 Å². The number of hydrogen-bond donors (Lipinski definition) is 1. The van der Waals surface area contributed by atoms with Gasteiger partial charge in [0.15, 0.2) is 0 Å². The van der Waals surface area contributed by atoms with Gasteiger partial charge >= 0.3 is 5.97 Å². The lowest BCUT2D eigenvalue weighted by Gasteiger charge is -1.96. The molecule has 0 unspecified atom stereocenters. The number of carboxylic acid groups (broad SMARTS) is 1. The molecular weight excluding hydrogens is 256 g/mol. The second-order valence-corrected chi connectivity index (χ2v) is 4.70. The van der Waals surface area contributed by atoms with Crippen molar-refractivity contribution in [2.45, 2.75) is 39.0 Å². The Morgan fingerprint density at radius 2 is 1.95 bits per heavy atom. The molecule has 20 heavy (non-hydrogen) atoms. The first-order valence-corrected chi connectivity index (χ1v) is 6.87. The number of unbranched alkanes of at least 4 members (excludes halogenated alkanes) is 3. The molecule has 1 N–H and O–H groups in total. The number of aromatic nitrogens is 2. The Morgan fingerprint density at radius 1 is 1.20 bits per heavy atom. The van der Waals surface area contributed by atoms with Crippen molar-refractivity contribution in [2.75, 3.05) is 0 Å². The normalized spacial score (nSPS) is 10.7. The third-order valence-corrected chi connectivity index (χ3v) is 3.10. The van der Waals surface area contributed by atoms with E-state index < -0.39 is 5.97 Å². The summed E-state index contributed by atoms with van der Waals surface area (Å²) < 4.78 is 5.20. The lowest BCUT2D eigenvalue weighted by atomic mass is 10.1. The summed E-state index contributed by atoms with van der Waals surface area (Å²) in [7, 11) is 0. The highest BCUT2D eigenvalue weighted by molar-refractivity contribution is 5.88. The molecule has 2 aromatic rings. The first-order valence-electron chi connectivity index (χ1n) is 6.87. The predicted octanol–water partition coefficient (Wildman–Crippen LogP) is 3.56. The number of rotatable bonds is 7. The number of carbonyl (C=O) groups is 1. The van der Waals surface area contributed by atoms with Crippen molar-refractivity contribution in [1.82, 2.24) is 10.1 Å². The highest BCUT2D eigenvalue weighted by Gasteiger charge is 2.09. The molecule has 1 heterocycles. The third kappa shape index (κ3) is 3.66. The monoisotopic (exact) mass is 274 g/mol. The van der Waals surface area contributed by atoms with E-state index in [1.807, 2.05) is 0 Å². The van der Waals surface area contributed by atoms with Crippen LogP contribution in [0.5, 0.6) is 0 Å². The van der Waals surface area contributed by atoms with Gasteiger partial charge in [-0.1, -0.05) is 43.5 Å². The van der Waals surface area contributed by atoms with Crippen molar-refractivity contribution in [2.24, 2.45) is 0 Å². The second-order valence-electron chi connectivity index (χ2n) is 4.70. The van der Waals surface area contributed by atoms with Gasteiger partial charge in [-0.05, 0) is 18.6 Å². The van der Waals surface area contributed by atoms with Gasteiger partial charge in [-0.25, -0.2) is 4.79 Å². The van der Waals surface area contributed by atoms with Crippen molar-refractivity contribution in [3.63, 3.8) is 0 Å². The topological polar surface area (TPSA) is 76.2 Å². The third-order valence-electron chi connectivity index (χ3n) is 3.10. The molecule has 5 nitrogen and oxygen atoms in total. The van der Waals surface area contributed by atoms with Gasteiger partial charge < -0.3 is 9.63 Å². The van der Waals surface area contributed by atoms with E-state index in [1.54, 1.807) is 12.1 Å². The maximum atomic E-state index is 10.8. The van der Waals surface area contributed by atoms with Crippen molar-refractivity contribution in [3.05, 3.63) is 35.7 Å². The van der Waals surface area contributed by atoms with Gasteiger partial charge in [-0.15, -0.1) is 0 Å². The molecular formula is C15H18N2O3. The quantitative estimate of drug-likeness (QED) is 0.781. The van der Waals surface area contributed by atoms with Crippen LogP contribution in [-0.4, -0.2) is 21.2 Å². The minimum atomic E-state index is -0.943. The van der Waals surface area contributed by atoms with Crippen LogP contribution in [0.3, 0.4) is 0 Å². The molecule has 0 bridgehead atoms. The first kappa shape index (κ1) is 14.2. The Labute approximate surface area is 117 Å². The number of carboxylic acids is 1. The molecule has 0 fully saturated rings. The van der Waals surface area contributed by atoms with Crippen LogP contribution in [0.1, 0.15) is 48.9 Å². The average Bonchev–Trinajstić information content (AvgIpc) is 2.92. The van der Waals surface area contributed by atoms with Crippen molar-refractivity contribution >= 4 is 5.97 Å². The number of aromatic carboxylic acids is 1. The van der Waals surface area contributed by atoms with Crippen molar-refractivity contribution in [3.8, 4) is 11.4 Å². The minimum absolute atomic E-state index is 0.247. The standard InChI is InChI=1S/C15H18N2O3/c1-2-3-4-5-6-13-16-14(17-20-13)11-7-9-12(10-8-11)15(18)19/h7-10H,2-6H2,1H3,(H,18,19). The molecule has 106 valence electrons. The summed E-state index contributed by atoms with van der Waals surface area (Å²) in [6, 6.07) is 6.45. The van der Waals surface area contributed by atoms with Crippen molar-refractivity contribution < 1.29 is 14.4 Å². The predicted molar refractivity (Wildman–Crippen MR) is 74.5 cm³/mol. The van der Waals surface area contributed by atoms with Gasteiger partial charge in [-0.2, -0.15) is 4.98 Å². The minimum Gasteiger partial charge on any atom is -0.478 e. The molecule has 1 aromatic carbocycles. The van der Waals surface area contributed by atoms with Gasteiger partial charge in [0, 0.05) is 12.0 Å². The Balaban J connectivity index is 1.99. The van der Waals surface area contributed by atoms with E-state index in [9.17, 15) is 4.79 Å². The second kappa shape index (κ2) is 6.84. The van der Waals surface area contributed by atoms with E-state index in [0.29, 0.717) is 11.7 Å². The Bertz CT molecular complexity index is 561. The molecule has 0 amide bonds. The summed E-state index contributed by atoms with van der Waals surface area (Å²) in [4.78, 5) is 15.1. The van der Waals surface area contributed by atoms with E-state index in [-0.39, 0.29) is 5.56 Å². The van der Waals surface area contributed by atoms with Crippen LogP contribution in [0.2, 0.25) is 0 Å². The zero-order valence-electron chi connectivity index (χ0n) is 11.5. The lowest BCUT2D eigenvalue weighted by molar-refractivity contribution is 0.0697. The maximum Gasteiger partial charge on any atom is 0.335 e. The fraction of sp³-hybridized carbons (Fsp3) is 0.400. The molecule has 0 atom stereocenters. The van der Waals surface area contributed by atoms with Gasteiger partial charge in [0.25, 0.3) is 0 Å². The summed E-state index contributed by atoms with van der Waals surface area (Å²) in [5.41, 5.74) is 1.01. The molecule has 0 saturated heterocycles. The van der Waals surface area contributed by atoms with Gasteiger partial charge in [0.1, 0.15) is 0 Å². The molecule has 0 aliphatic rings. The summed E-state index contributed by atoms with van der Waals surface area (Å²) in [5.74, 6) is 0.201. The Hall–Kier alpha value is -2.17. The van der Waals surface area contributed by atoms with E-state index in [0.717, 1.165) is 18.4 Å². The van der Waals surface area contributed by atoms with Crippen molar-refractivity contribution in [1.29, 1.82) is 0 Å². The Morgan fingerprint density at radius 3 is 2.60 bits per heavy atom. The lowest BCUT2D eigenvalue weighted by Crippen LogP contribution is -1.95. The van der Waals surface area contributed by atoms with Crippen LogP contribution < -0.4 is 0 Å². The fourth-order valence-corrected chi connectivity index (χ4v) is 1.94. The van der Waals surface area contributed by atoms with Crippen LogP contribution in [0, 0.1) is 0 Å². The molecule has 0 aliphatic carbocycles. The SMILES string of the molecule is CCCCCCc1nc(-c2ccc(C(=O)O)cc2)no1. The maximum absolute atomic E-state index is 10.8. The number of aryl methyl sites for hydroxylation is 1. The molecule has 0 saturated carbocycles. The van der Waals surface area contributed by atoms with Crippen LogP contribution in [0.25, 0.3) is 11.4 Å². The van der Waals surface area contributed by atoms with Crippen LogP contribution >= 0.6 is 0 Å². The van der Waals surface area contributed by atoms with E-state index in [1.165, 1.54) is 31.4 Å². The average molecular weight is 274 g/mol. The van der Waals surface area contributed by atoms with E-state index in [4.69, 9.17) is 9.63 Å². The summed E-state index contributed by atoms with van der Waals surface area (Å²) in [6.07, 6.45) is 5.43. The molecule has 1 aromatic heterocycles. The molecule has 5 heteroatoms. The van der Waals surface area contributed by atoms with Gasteiger partial charge in [0.05, 0.1) is 5.56 Å². The van der Waals surface area contributed by atoms with E-state index in [2.05, 4.69) is 17.1 Å². The smallest absolute Gasteiger partial charge is 0.335 e. The van der Waals surface area contributed by atoms with Crippen LogP contribution in [-0.2, 0) is 6.42 Å². The summed E-state index contributed by atoms with van der Waals surface area (Å²) in [6.45, 7) is 2.17. The summed E-state index contributed by atoms with van der Waals surface area (Å²) in [5, 5.41) is 12.8. The summed E-state index contributed by atoms with van der Waals surface area (Å²) >= 11 is 0. The molecule has 0 aliphatic heterocycles. The largest absolute Gasteiger partial charge is 0.478 e. The fourth-order valence-electron chi connectivity index (χ4n) is 1.94. The highest BCUT2D eigenvalue weighted by atomic mass is 16.5. The van der Waals surface area contributed by atoms with Crippen LogP contribution in [0.15, 0.2) is 28.8 Å². The van der Waals surface area contributed by atoms with E-state index >= 15 is 0 Å². The molecule has 2 rings (SSSR count). The first-order chi connectivity index (χ1) is 9.70. The van der Waals surface area contributed by atoms with Crippen LogP contribution in [0.4, 0.5) is 0 Å². The number of benzene rings is 1. The molecule has 0 radical (unpaired) electrons. The highest BCUT2D eigenvalue weighted by Crippen LogP contribution is 2.17. The molecule has 0 spiro atoms. The van der Waals surface area contributed by atoms with Gasteiger partial charge in [-0.3, -0.25) is 0 Å². The Kier molecular flexibility index (Phi) is 4.87. The number of hydrogen-bond acceptors (Lipinski definition) is 4. The zero-order valence-corrected chi connectivity index (χ0v) is 11.5. The zero-order chi connectivity index (χ0) is 14.4. The number of nitrogens with zero attached hydrogens (tertiary/aromatic N) is 2.